The van der Waals surface area contributed by atoms with Crippen molar-refractivity contribution in [2.45, 2.75) is 0 Å². The van der Waals surface area contributed by atoms with E-state index in [2.05, 4.69) is 0 Å². The molecule has 0 bridgehead atoms. The largest absolute Gasteiger partial charge is 0.340 e. The maximum atomic E-state index is 13.4. The van der Waals surface area contributed by atoms with E-state index >= 15 is 0 Å². The second kappa shape index (κ2) is 7.20. The Bertz CT molecular complexity index is 1410. The Balaban J connectivity index is 2.14. The molecule has 0 aliphatic carbocycles. The molecule has 7 nitrogen and oxygen atoms in total. The first kappa shape index (κ1) is 18.9. The van der Waals surface area contributed by atoms with Crippen LogP contribution in [0.25, 0.3) is 22.3 Å². The third kappa shape index (κ3) is 3.20. The predicted octanol–water partition coefficient (Wildman–Crippen LogP) is 4.36. The van der Waals surface area contributed by atoms with Crippen LogP contribution in [-0.4, -0.2) is 14.1 Å². The van der Waals surface area contributed by atoms with Crippen molar-refractivity contribution in [3.8, 4) is 11.4 Å². The van der Waals surface area contributed by atoms with E-state index in [0.29, 0.717) is 16.2 Å². The Morgan fingerprint density at radius 1 is 0.793 bits per heavy atom. The Kier molecular flexibility index (Phi) is 4.70. The van der Waals surface area contributed by atoms with Gasteiger partial charge in [0, 0.05) is 12.1 Å². The molecule has 0 spiro atoms. The summed E-state index contributed by atoms with van der Waals surface area (Å²) in [6.07, 6.45) is 0. The lowest BCUT2D eigenvalue weighted by Crippen LogP contribution is -2.38. The highest BCUT2D eigenvalue weighted by Gasteiger charge is 2.17. The highest BCUT2D eigenvalue weighted by atomic mass is 35.5. The number of benzene rings is 3. The molecule has 0 amide bonds. The number of nitro benzene ring substituents is 1. The number of hydrogen-bond acceptors (Lipinski definition) is 4. The van der Waals surface area contributed by atoms with E-state index in [1.165, 1.54) is 34.9 Å². The first-order valence-corrected chi connectivity index (χ1v) is 9.11. The molecule has 0 aliphatic heterocycles. The molecule has 0 radical (unpaired) electrons. The van der Waals surface area contributed by atoms with Gasteiger partial charge in [0.1, 0.15) is 0 Å². The fourth-order valence-electron chi connectivity index (χ4n) is 3.11. The fraction of sp³-hybridized carbons (Fsp3) is 0. The standard InChI is InChI=1S/C20H11Cl2N3O4/c21-16-9-8-13(11-17(16)22)23-18-7-2-1-6-15(18)19(26)24(20(23)27)12-4-3-5-14(10-12)25(28)29/h1-11H. The zero-order valence-electron chi connectivity index (χ0n) is 14.6. The monoisotopic (exact) mass is 427 g/mol. The second-order valence-corrected chi connectivity index (χ2v) is 6.97. The average molecular weight is 428 g/mol. The van der Waals surface area contributed by atoms with Crippen LogP contribution >= 0.6 is 23.2 Å². The number of halogens is 2. The van der Waals surface area contributed by atoms with Crippen molar-refractivity contribution >= 4 is 39.8 Å². The summed E-state index contributed by atoms with van der Waals surface area (Å²) in [6.45, 7) is 0. The normalized spacial score (nSPS) is 11.0. The summed E-state index contributed by atoms with van der Waals surface area (Å²) in [5.74, 6) is 0. The van der Waals surface area contributed by atoms with Crippen LogP contribution in [0, 0.1) is 10.1 Å². The lowest BCUT2D eigenvalue weighted by molar-refractivity contribution is -0.384. The molecule has 0 N–H and O–H groups in total. The molecule has 0 unspecified atom stereocenters. The Morgan fingerprint density at radius 2 is 1.52 bits per heavy atom. The second-order valence-electron chi connectivity index (χ2n) is 6.15. The first-order valence-electron chi connectivity index (χ1n) is 8.35. The molecule has 0 saturated heterocycles. The number of aromatic nitrogens is 2. The molecule has 29 heavy (non-hydrogen) atoms. The van der Waals surface area contributed by atoms with Gasteiger partial charge in [-0.2, -0.15) is 0 Å². The minimum absolute atomic E-state index is 0.0914. The Labute approximate surface area is 173 Å². The molecule has 1 aromatic heterocycles. The van der Waals surface area contributed by atoms with Crippen molar-refractivity contribution < 1.29 is 4.92 Å². The van der Waals surface area contributed by atoms with Crippen molar-refractivity contribution in [1.29, 1.82) is 0 Å². The summed E-state index contributed by atoms with van der Waals surface area (Å²) < 4.78 is 2.22. The average Bonchev–Trinajstić information content (AvgIpc) is 2.71. The number of para-hydroxylation sites is 1. The zero-order chi connectivity index (χ0) is 20.7. The van der Waals surface area contributed by atoms with Crippen LogP contribution in [0.3, 0.4) is 0 Å². The van der Waals surface area contributed by atoms with Gasteiger partial charge < -0.3 is 0 Å². The van der Waals surface area contributed by atoms with Crippen LogP contribution in [-0.2, 0) is 0 Å². The SMILES string of the molecule is O=c1c2ccccc2n(-c2ccc(Cl)c(Cl)c2)c(=O)n1-c1cccc([N+](=O)[O-])c1. The van der Waals surface area contributed by atoms with Gasteiger partial charge in [-0.05, 0) is 36.4 Å². The molecule has 0 saturated carbocycles. The summed E-state index contributed by atoms with van der Waals surface area (Å²) in [7, 11) is 0. The molecule has 0 atom stereocenters. The zero-order valence-corrected chi connectivity index (χ0v) is 16.1. The Morgan fingerprint density at radius 3 is 2.24 bits per heavy atom. The van der Waals surface area contributed by atoms with Crippen LogP contribution in [0.1, 0.15) is 0 Å². The summed E-state index contributed by atoms with van der Waals surface area (Å²) >= 11 is 12.1. The van der Waals surface area contributed by atoms with Crippen molar-refractivity contribution in [1.82, 2.24) is 9.13 Å². The molecule has 0 fully saturated rings. The van der Waals surface area contributed by atoms with E-state index in [0.717, 1.165) is 4.57 Å². The van der Waals surface area contributed by atoms with E-state index in [1.54, 1.807) is 36.4 Å². The van der Waals surface area contributed by atoms with E-state index in [9.17, 15) is 19.7 Å². The summed E-state index contributed by atoms with van der Waals surface area (Å²) in [5.41, 5.74) is -0.630. The molecule has 3 aromatic carbocycles. The first-order chi connectivity index (χ1) is 13.9. The predicted molar refractivity (Wildman–Crippen MR) is 112 cm³/mol. The number of non-ortho nitro benzene ring substituents is 1. The lowest BCUT2D eigenvalue weighted by atomic mass is 10.2. The van der Waals surface area contributed by atoms with Gasteiger partial charge in [0.25, 0.3) is 11.2 Å². The van der Waals surface area contributed by atoms with Crippen LogP contribution in [0.2, 0.25) is 10.0 Å². The Hall–Kier alpha value is -3.42. The number of rotatable bonds is 3. The number of hydrogen-bond donors (Lipinski definition) is 0. The van der Waals surface area contributed by atoms with Crippen LogP contribution in [0.5, 0.6) is 0 Å². The molecule has 1 heterocycles. The topological polar surface area (TPSA) is 87.1 Å². The van der Waals surface area contributed by atoms with Gasteiger partial charge in [-0.15, -0.1) is 0 Å². The van der Waals surface area contributed by atoms with Crippen LogP contribution < -0.4 is 11.2 Å². The van der Waals surface area contributed by atoms with Crippen molar-refractivity contribution in [3.63, 3.8) is 0 Å². The van der Waals surface area contributed by atoms with Crippen LogP contribution in [0.4, 0.5) is 5.69 Å². The molecular formula is C20H11Cl2N3O4. The van der Waals surface area contributed by atoms with Gasteiger partial charge in [0.05, 0.1) is 37.2 Å². The molecule has 0 aliphatic rings. The van der Waals surface area contributed by atoms with Gasteiger partial charge in [-0.1, -0.05) is 41.4 Å². The molecule has 9 heteroatoms. The van der Waals surface area contributed by atoms with Crippen LogP contribution in [0.15, 0.2) is 76.3 Å². The molecular weight excluding hydrogens is 417 g/mol. The maximum Gasteiger partial charge on any atom is 0.340 e. The minimum Gasteiger partial charge on any atom is -0.268 e. The van der Waals surface area contributed by atoms with Gasteiger partial charge in [0.15, 0.2) is 0 Å². The third-order valence-electron chi connectivity index (χ3n) is 4.42. The van der Waals surface area contributed by atoms with Gasteiger partial charge in [-0.25, -0.2) is 9.36 Å². The number of nitro groups is 1. The van der Waals surface area contributed by atoms with E-state index < -0.39 is 16.2 Å². The minimum atomic E-state index is -0.687. The van der Waals surface area contributed by atoms with E-state index in [-0.39, 0.29) is 21.8 Å². The fourth-order valence-corrected chi connectivity index (χ4v) is 3.40. The summed E-state index contributed by atoms with van der Waals surface area (Å²) in [5, 5.41) is 12.0. The van der Waals surface area contributed by atoms with Crippen molar-refractivity contribution in [2.24, 2.45) is 0 Å². The molecule has 4 aromatic rings. The smallest absolute Gasteiger partial charge is 0.268 e. The molecule has 4 rings (SSSR count). The lowest BCUT2D eigenvalue weighted by Gasteiger charge is -2.14. The van der Waals surface area contributed by atoms with Gasteiger partial charge >= 0.3 is 5.69 Å². The van der Waals surface area contributed by atoms with Crippen molar-refractivity contribution in [2.75, 3.05) is 0 Å². The third-order valence-corrected chi connectivity index (χ3v) is 5.16. The summed E-state index contributed by atoms with van der Waals surface area (Å²) in [4.78, 5) is 37.0. The van der Waals surface area contributed by atoms with Gasteiger partial charge in [0.2, 0.25) is 0 Å². The maximum absolute atomic E-state index is 13.4. The van der Waals surface area contributed by atoms with Crippen molar-refractivity contribution in [3.05, 3.63) is 108 Å². The molecule has 144 valence electrons. The summed E-state index contributed by atoms with van der Waals surface area (Å²) in [6, 6.07) is 16.6. The number of nitrogens with zero attached hydrogens (tertiary/aromatic N) is 3. The van der Waals surface area contributed by atoms with E-state index in [4.69, 9.17) is 23.2 Å². The van der Waals surface area contributed by atoms with Gasteiger partial charge in [-0.3, -0.25) is 19.5 Å². The highest BCUT2D eigenvalue weighted by Crippen LogP contribution is 2.25. The van der Waals surface area contributed by atoms with E-state index in [1.807, 2.05) is 0 Å². The quantitative estimate of drug-likeness (QED) is 0.359. The highest BCUT2D eigenvalue weighted by molar-refractivity contribution is 6.42. The number of fused-ring (bicyclic) bond motifs is 1.